The number of rotatable bonds is 10. The van der Waals surface area contributed by atoms with E-state index in [2.05, 4.69) is 22.8 Å². The zero-order chi connectivity index (χ0) is 19.5. The Morgan fingerprint density at radius 3 is 2.41 bits per heavy atom. The van der Waals surface area contributed by atoms with E-state index in [0.717, 1.165) is 23.5 Å². The van der Waals surface area contributed by atoms with E-state index in [1.54, 1.807) is 18.9 Å². The number of amides is 2. The summed E-state index contributed by atoms with van der Waals surface area (Å²) in [5.74, 6) is 1.44. The van der Waals surface area contributed by atoms with E-state index in [4.69, 9.17) is 4.74 Å². The van der Waals surface area contributed by atoms with Crippen molar-refractivity contribution in [1.82, 2.24) is 10.6 Å². The van der Waals surface area contributed by atoms with Gasteiger partial charge in [0, 0.05) is 18.4 Å². The van der Waals surface area contributed by atoms with Gasteiger partial charge in [0.15, 0.2) is 0 Å². The van der Waals surface area contributed by atoms with Crippen LogP contribution in [0.25, 0.3) is 0 Å². The van der Waals surface area contributed by atoms with Crippen molar-refractivity contribution in [2.45, 2.75) is 30.7 Å². The van der Waals surface area contributed by atoms with Crippen LogP contribution in [0.5, 0.6) is 5.75 Å². The van der Waals surface area contributed by atoms with Crippen molar-refractivity contribution in [2.75, 3.05) is 19.4 Å². The molecule has 2 amide bonds. The Hall–Kier alpha value is -2.47. The average Bonchev–Trinajstić information content (AvgIpc) is 2.68. The number of thioether (sulfide) groups is 1. The Morgan fingerprint density at radius 1 is 1.07 bits per heavy atom. The van der Waals surface area contributed by atoms with Crippen molar-refractivity contribution in [1.29, 1.82) is 0 Å². The molecule has 2 N–H and O–H groups in total. The number of hydrogen-bond donors (Lipinski definition) is 2. The van der Waals surface area contributed by atoms with Crippen molar-refractivity contribution in [3.8, 4) is 5.75 Å². The number of ether oxygens (including phenoxy) is 1. The largest absolute Gasteiger partial charge is 0.497 e. The first-order valence-corrected chi connectivity index (χ1v) is 9.92. The molecule has 2 aromatic rings. The molecule has 0 aliphatic heterocycles. The molecule has 1 atom stereocenters. The van der Waals surface area contributed by atoms with Gasteiger partial charge in [-0.1, -0.05) is 30.3 Å². The Labute approximate surface area is 164 Å². The molecule has 0 aliphatic rings. The minimum absolute atomic E-state index is 0.0747. The third-order valence-corrected chi connectivity index (χ3v) is 5.04. The minimum atomic E-state index is -0.355. The maximum absolute atomic E-state index is 12.3. The van der Waals surface area contributed by atoms with Gasteiger partial charge in [-0.2, -0.15) is 0 Å². The normalized spacial score (nSPS) is 11.5. The van der Waals surface area contributed by atoms with Crippen molar-refractivity contribution in [3.63, 3.8) is 0 Å². The van der Waals surface area contributed by atoms with Crippen molar-refractivity contribution >= 4 is 23.6 Å². The molecule has 2 aromatic carbocycles. The van der Waals surface area contributed by atoms with E-state index in [-0.39, 0.29) is 24.3 Å². The van der Waals surface area contributed by atoms with E-state index in [0.29, 0.717) is 6.54 Å². The number of hydrogen-bond acceptors (Lipinski definition) is 4. The lowest BCUT2D eigenvalue weighted by Gasteiger charge is -2.18. The molecule has 5 nitrogen and oxygen atoms in total. The predicted octanol–water partition coefficient (Wildman–Crippen LogP) is 3.56. The van der Waals surface area contributed by atoms with Crippen LogP contribution >= 0.6 is 11.8 Å². The second-order valence-corrected chi connectivity index (χ2v) is 7.26. The first-order valence-electron chi connectivity index (χ1n) is 8.94. The Bertz CT molecular complexity index is 720. The zero-order valence-electron chi connectivity index (χ0n) is 15.7. The molecule has 0 heterocycles. The lowest BCUT2D eigenvalue weighted by molar-refractivity contribution is -0.122. The highest BCUT2D eigenvalue weighted by molar-refractivity contribution is 7.99. The van der Waals surface area contributed by atoms with E-state index < -0.39 is 0 Å². The summed E-state index contributed by atoms with van der Waals surface area (Å²) in [5, 5.41) is 5.78. The highest BCUT2D eigenvalue weighted by atomic mass is 32.2. The summed E-state index contributed by atoms with van der Waals surface area (Å²) in [6, 6.07) is 17.2. The van der Waals surface area contributed by atoms with Crippen LogP contribution in [0.3, 0.4) is 0 Å². The van der Waals surface area contributed by atoms with Crippen LogP contribution in [0.2, 0.25) is 0 Å². The van der Waals surface area contributed by atoms with Crippen LogP contribution < -0.4 is 15.4 Å². The number of carbonyl (C=O) groups is 2. The second-order valence-electron chi connectivity index (χ2n) is 6.10. The molecular formula is C21H26N2O3S. The molecule has 27 heavy (non-hydrogen) atoms. The highest BCUT2D eigenvalue weighted by Crippen LogP contribution is 2.21. The molecular weight excluding hydrogens is 360 g/mol. The molecule has 1 unspecified atom stereocenters. The molecule has 144 valence electrons. The maximum atomic E-state index is 12.3. The van der Waals surface area contributed by atoms with Gasteiger partial charge in [-0.25, -0.2) is 0 Å². The van der Waals surface area contributed by atoms with Gasteiger partial charge in [0.25, 0.3) is 0 Å². The third kappa shape index (κ3) is 7.74. The summed E-state index contributed by atoms with van der Waals surface area (Å²) >= 11 is 1.77. The van der Waals surface area contributed by atoms with Crippen molar-refractivity contribution in [2.24, 2.45) is 0 Å². The molecule has 0 aliphatic carbocycles. The molecule has 0 aromatic heterocycles. The standard InChI is InChI=1S/C21H26N2O3S/c1-16(24)23-20(17-9-11-18(26-2)12-10-17)15-21(25)22-13-6-14-27-19-7-4-3-5-8-19/h3-5,7-12,20H,6,13-15H2,1-2H3,(H,22,25)(H,23,24). The monoisotopic (exact) mass is 386 g/mol. The Morgan fingerprint density at radius 2 is 1.78 bits per heavy atom. The van der Waals surface area contributed by atoms with E-state index in [1.807, 2.05) is 42.5 Å². The summed E-state index contributed by atoms with van der Waals surface area (Å²) in [6.07, 6.45) is 1.09. The van der Waals surface area contributed by atoms with Crippen LogP contribution in [-0.2, 0) is 9.59 Å². The van der Waals surface area contributed by atoms with Crippen LogP contribution in [0.4, 0.5) is 0 Å². The number of nitrogens with one attached hydrogen (secondary N) is 2. The number of methoxy groups -OCH3 is 1. The van der Waals surface area contributed by atoms with E-state index in [9.17, 15) is 9.59 Å². The number of benzene rings is 2. The topological polar surface area (TPSA) is 67.4 Å². The third-order valence-electron chi connectivity index (χ3n) is 3.94. The summed E-state index contributed by atoms with van der Waals surface area (Å²) < 4.78 is 5.15. The molecule has 0 bridgehead atoms. The molecule has 0 radical (unpaired) electrons. The Balaban J connectivity index is 1.78. The molecule has 6 heteroatoms. The molecule has 0 fully saturated rings. The maximum Gasteiger partial charge on any atom is 0.222 e. The lowest BCUT2D eigenvalue weighted by atomic mass is 10.0. The highest BCUT2D eigenvalue weighted by Gasteiger charge is 2.17. The molecule has 0 saturated heterocycles. The number of carbonyl (C=O) groups excluding carboxylic acids is 2. The van der Waals surface area contributed by atoms with Gasteiger partial charge in [0.2, 0.25) is 11.8 Å². The lowest BCUT2D eigenvalue weighted by Crippen LogP contribution is -2.33. The Kier molecular flexibility index (Phi) is 8.71. The summed E-state index contributed by atoms with van der Waals surface area (Å²) in [7, 11) is 1.60. The van der Waals surface area contributed by atoms with Gasteiger partial charge >= 0.3 is 0 Å². The SMILES string of the molecule is COc1ccc(C(CC(=O)NCCCSc2ccccc2)NC(C)=O)cc1. The van der Waals surface area contributed by atoms with E-state index >= 15 is 0 Å². The molecule has 0 saturated carbocycles. The minimum Gasteiger partial charge on any atom is -0.497 e. The van der Waals surface area contributed by atoms with Gasteiger partial charge in [0.05, 0.1) is 19.6 Å². The van der Waals surface area contributed by atoms with Crippen LogP contribution in [0.15, 0.2) is 59.5 Å². The quantitative estimate of drug-likeness (QED) is 0.484. The second kappa shape index (κ2) is 11.3. The summed E-state index contributed by atoms with van der Waals surface area (Å²) in [5.41, 5.74) is 0.876. The van der Waals surface area contributed by atoms with Gasteiger partial charge in [-0.15, -0.1) is 11.8 Å². The van der Waals surface area contributed by atoms with Gasteiger partial charge in [0.1, 0.15) is 5.75 Å². The summed E-state index contributed by atoms with van der Waals surface area (Å²) in [4.78, 5) is 25.0. The van der Waals surface area contributed by atoms with Gasteiger partial charge in [-0.05, 0) is 42.0 Å². The first kappa shape index (κ1) is 20.8. The van der Waals surface area contributed by atoms with Crippen LogP contribution in [-0.4, -0.2) is 31.2 Å². The van der Waals surface area contributed by atoms with Gasteiger partial charge in [-0.3, -0.25) is 9.59 Å². The fraction of sp³-hybridized carbons (Fsp3) is 0.333. The summed E-state index contributed by atoms with van der Waals surface area (Å²) in [6.45, 7) is 2.07. The molecule has 2 rings (SSSR count). The first-order chi connectivity index (χ1) is 13.1. The van der Waals surface area contributed by atoms with E-state index in [1.165, 1.54) is 11.8 Å². The fourth-order valence-electron chi connectivity index (χ4n) is 2.60. The fourth-order valence-corrected chi connectivity index (χ4v) is 3.47. The smallest absolute Gasteiger partial charge is 0.222 e. The predicted molar refractivity (Wildman–Crippen MR) is 109 cm³/mol. The van der Waals surface area contributed by atoms with Crippen molar-refractivity contribution in [3.05, 3.63) is 60.2 Å². The van der Waals surface area contributed by atoms with Crippen LogP contribution in [0.1, 0.15) is 31.4 Å². The van der Waals surface area contributed by atoms with Crippen LogP contribution in [0, 0.1) is 0 Å². The average molecular weight is 387 g/mol. The van der Waals surface area contributed by atoms with Gasteiger partial charge < -0.3 is 15.4 Å². The zero-order valence-corrected chi connectivity index (χ0v) is 16.6. The molecule has 0 spiro atoms. The van der Waals surface area contributed by atoms with Crippen molar-refractivity contribution < 1.29 is 14.3 Å².